The van der Waals surface area contributed by atoms with Crippen LogP contribution in [0.1, 0.15) is 16.8 Å². The van der Waals surface area contributed by atoms with E-state index in [9.17, 15) is 13.2 Å². The highest BCUT2D eigenvalue weighted by Crippen LogP contribution is 2.34. The summed E-state index contributed by atoms with van der Waals surface area (Å²) in [5.74, 6) is -0.629. The van der Waals surface area contributed by atoms with Crippen molar-refractivity contribution in [2.24, 2.45) is 5.73 Å². The zero-order valence-corrected chi connectivity index (χ0v) is 18.0. The predicted octanol–water partition coefficient (Wildman–Crippen LogP) is 3.02. The standard InChI is InChI=1S/C23H25N3O4S/c1-30-13-5-12-26-31(28,29)19-10-8-17(9-11-19)20-14-18(16-6-3-2-4-7-16)15-21(22(20)24)23(25)27/h2-4,6-11,14-15,26H,5,12-13,24H2,1H3,(H2,25,27). The summed E-state index contributed by atoms with van der Waals surface area (Å²) in [6, 6.07) is 19.4. The lowest BCUT2D eigenvalue weighted by atomic mass is 9.94. The van der Waals surface area contributed by atoms with Gasteiger partial charge in [-0.2, -0.15) is 0 Å². The molecule has 0 heterocycles. The molecule has 0 aliphatic carbocycles. The minimum absolute atomic E-state index is 0.140. The Bertz CT molecular complexity index is 1160. The van der Waals surface area contributed by atoms with Crippen molar-refractivity contribution in [3.05, 3.63) is 72.3 Å². The number of amides is 1. The highest BCUT2D eigenvalue weighted by Gasteiger charge is 2.17. The molecule has 3 aromatic rings. The third-order valence-corrected chi connectivity index (χ3v) is 6.32. The molecule has 3 aromatic carbocycles. The molecule has 162 valence electrons. The number of carbonyl (C=O) groups excluding carboxylic acids is 1. The summed E-state index contributed by atoms with van der Waals surface area (Å²) in [6.07, 6.45) is 0.576. The Hall–Kier alpha value is -3.20. The quantitative estimate of drug-likeness (QED) is 0.349. The van der Waals surface area contributed by atoms with Crippen molar-refractivity contribution in [1.82, 2.24) is 4.72 Å². The van der Waals surface area contributed by atoms with Gasteiger partial charge in [0.1, 0.15) is 0 Å². The monoisotopic (exact) mass is 439 g/mol. The Balaban J connectivity index is 1.97. The Morgan fingerprint density at radius 2 is 1.65 bits per heavy atom. The molecule has 0 aliphatic heterocycles. The third-order valence-electron chi connectivity index (χ3n) is 4.85. The van der Waals surface area contributed by atoms with Crippen molar-refractivity contribution in [3.8, 4) is 22.3 Å². The molecule has 8 heteroatoms. The van der Waals surface area contributed by atoms with Gasteiger partial charge in [0.15, 0.2) is 0 Å². The van der Waals surface area contributed by atoms with Crippen LogP contribution in [0.4, 0.5) is 5.69 Å². The summed E-state index contributed by atoms with van der Waals surface area (Å²) >= 11 is 0. The SMILES string of the molecule is COCCCNS(=O)(=O)c1ccc(-c2cc(-c3ccccc3)cc(C(N)=O)c2N)cc1. The van der Waals surface area contributed by atoms with E-state index in [1.807, 2.05) is 36.4 Å². The molecule has 1 amide bonds. The van der Waals surface area contributed by atoms with Gasteiger partial charge in [-0.25, -0.2) is 13.1 Å². The van der Waals surface area contributed by atoms with Crippen molar-refractivity contribution in [3.63, 3.8) is 0 Å². The van der Waals surface area contributed by atoms with Crippen molar-refractivity contribution in [2.45, 2.75) is 11.3 Å². The first-order valence-corrected chi connectivity index (χ1v) is 11.2. The molecule has 31 heavy (non-hydrogen) atoms. The Labute approximate surface area is 182 Å². The molecule has 3 rings (SSSR count). The summed E-state index contributed by atoms with van der Waals surface area (Å²) in [4.78, 5) is 12.1. The number of rotatable bonds is 9. The van der Waals surface area contributed by atoms with Crippen molar-refractivity contribution in [1.29, 1.82) is 0 Å². The molecule has 0 fully saturated rings. The van der Waals surface area contributed by atoms with E-state index < -0.39 is 15.9 Å². The van der Waals surface area contributed by atoms with Crippen molar-refractivity contribution < 1.29 is 17.9 Å². The number of hydrogen-bond acceptors (Lipinski definition) is 5. The number of hydrogen-bond donors (Lipinski definition) is 3. The lowest BCUT2D eigenvalue weighted by Crippen LogP contribution is -2.25. The van der Waals surface area contributed by atoms with Gasteiger partial charge < -0.3 is 16.2 Å². The number of nitrogen functional groups attached to an aromatic ring is 1. The third kappa shape index (κ3) is 5.29. The summed E-state index contributed by atoms with van der Waals surface area (Å²) in [5.41, 5.74) is 15.2. The first-order chi connectivity index (χ1) is 14.8. The lowest BCUT2D eigenvalue weighted by molar-refractivity contribution is 0.100. The number of nitrogens with one attached hydrogen (secondary N) is 1. The smallest absolute Gasteiger partial charge is 0.250 e. The molecule has 0 bridgehead atoms. The summed E-state index contributed by atoms with van der Waals surface area (Å²) in [7, 11) is -2.07. The fourth-order valence-corrected chi connectivity index (χ4v) is 4.29. The molecule has 0 aromatic heterocycles. The molecular weight excluding hydrogens is 414 g/mol. The van der Waals surface area contributed by atoms with E-state index in [1.165, 1.54) is 12.1 Å². The topological polar surface area (TPSA) is 125 Å². The predicted molar refractivity (Wildman–Crippen MR) is 122 cm³/mol. The van der Waals surface area contributed by atoms with Crippen molar-refractivity contribution >= 4 is 21.6 Å². The van der Waals surface area contributed by atoms with E-state index in [0.29, 0.717) is 24.2 Å². The number of carbonyl (C=O) groups is 1. The van der Waals surface area contributed by atoms with E-state index in [0.717, 1.165) is 11.1 Å². The number of benzene rings is 3. The van der Waals surface area contributed by atoms with Crippen LogP contribution in [-0.2, 0) is 14.8 Å². The van der Waals surface area contributed by atoms with Gasteiger partial charge in [-0.3, -0.25) is 4.79 Å². The zero-order valence-electron chi connectivity index (χ0n) is 17.2. The van der Waals surface area contributed by atoms with Gasteiger partial charge in [0, 0.05) is 25.8 Å². The minimum Gasteiger partial charge on any atom is -0.398 e. The van der Waals surface area contributed by atoms with Crippen LogP contribution in [0.15, 0.2) is 71.6 Å². The fourth-order valence-electron chi connectivity index (χ4n) is 3.21. The van der Waals surface area contributed by atoms with E-state index in [1.54, 1.807) is 25.3 Å². The zero-order chi connectivity index (χ0) is 22.4. The highest BCUT2D eigenvalue weighted by atomic mass is 32.2. The van der Waals surface area contributed by atoms with Crippen molar-refractivity contribution in [2.75, 3.05) is 26.0 Å². The van der Waals surface area contributed by atoms with Gasteiger partial charge in [-0.15, -0.1) is 0 Å². The Morgan fingerprint density at radius 3 is 2.26 bits per heavy atom. The van der Waals surface area contributed by atoms with Gasteiger partial charge in [0.25, 0.3) is 5.91 Å². The number of primary amides is 1. The van der Waals surface area contributed by atoms with Crippen LogP contribution < -0.4 is 16.2 Å². The maximum atomic E-state index is 12.5. The average Bonchev–Trinajstić information content (AvgIpc) is 2.77. The summed E-state index contributed by atoms with van der Waals surface area (Å²) in [5, 5.41) is 0. The van der Waals surface area contributed by atoms with Crippen LogP contribution in [0, 0.1) is 0 Å². The number of nitrogens with two attached hydrogens (primary N) is 2. The largest absolute Gasteiger partial charge is 0.398 e. The van der Waals surface area contributed by atoms with E-state index >= 15 is 0 Å². The maximum Gasteiger partial charge on any atom is 0.250 e. The molecular formula is C23H25N3O4S. The molecule has 0 unspecified atom stereocenters. The molecule has 0 radical (unpaired) electrons. The van der Waals surface area contributed by atoms with Crippen LogP contribution in [0.5, 0.6) is 0 Å². The average molecular weight is 440 g/mol. The first kappa shape index (κ1) is 22.5. The Kier molecular flexibility index (Phi) is 7.06. The van der Waals surface area contributed by atoms with Gasteiger partial charge in [0.2, 0.25) is 10.0 Å². The molecule has 0 saturated heterocycles. The number of sulfonamides is 1. The van der Waals surface area contributed by atoms with Crippen LogP contribution in [0.25, 0.3) is 22.3 Å². The number of anilines is 1. The van der Waals surface area contributed by atoms with Crippen LogP contribution in [0.2, 0.25) is 0 Å². The van der Waals surface area contributed by atoms with Gasteiger partial charge in [0.05, 0.1) is 16.1 Å². The number of ether oxygens (including phenoxy) is 1. The molecule has 0 spiro atoms. The summed E-state index contributed by atoms with van der Waals surface area (Å²) in [6.45, 7) is 0.757. The van der Waals surface area contributed by atoms with Crippen LogP contribution in [-0.4, -0.2) is 34.6 Å². The first-order valence-electron chi connectivity index (χ1n) is 9.71. The van der Waals surface area contributed by atoms with E-state index in [2.05, 4.69) is 4.72 Å². The van der Waals surface area contributed by atoms with Gasteiger partial charge in [-0.05, 0) is 47.4 Å². The van der Waals surface area contributed by atoms with Crippen LogP contribution >= 0.6 is 0 Å². The van der Waals surface area contributed by atoms with Crippen LogP contribution in [0.3, 0.4) is 0 Å². The minimum atomic E-state index is -3.63. The normalized spacial score (nSPS) is 11.4. The molecule has 0 aliphatic rings. The van der Waals surface area contributed by atoms with Gasteiger partial charge in [-0.1, -0.05) is 42.5 Å². The summed E-state index contributed by atoms with van der Waals surface area (Å²) < 4.78 is 32.4. The second-order valence-electron chi connectivity index (χ2n) is 6.98. The molecule has 5 N–H and O–H groups in total. The second-order valence-corrected chi connectivity index (χ2v) is 8.75. The molecule has 0 saturated carbocycles. The Morgan fingerprint density at radius 1 is 0.968 bits per heavy atom. The maximum absolute atomic E-state index is 12.5. The molecule has 7 nitrogen and oxygen atoms in total. The second kappa shape index (κ2) is 9.74. The number of methoxy groups -OCH3 is 1. The lowest BCUT2D eigenvalue weighted by Gasteiger charge is -2.14. The van der Waals surface area contributed by atoms with Gasteiger partial charge >= 0.3 is 0 Å². The fraction of sp³-hybridized carbons (Fsp3) is 0.174. The molecule has 0 atom stereocenters. The van der Waals surface area contributed by atoms with E-state index in [-0.39, 0.29) is 22.7 Å². The van der Waals surface area contributed by atoms with E-state index in [4.69, 9.17) is 16.2 Å². The highest BCUT2D eigenvalue weighted by molar-refractivity contribution is 7.89.